The Kier molecular flexibility index (Phi) is 3.88. The fraction of sp³-hybridized carbons (Fsp3) is 0.350. The lowest BCUT2D eigenvalue weighted by Gasteiger charge is -2.15. The average molecular weight is 308 g/mol. The Labute approximate surface area is 137 Å². The molecule has 2 N–H and O–H groups in total. The number of carbonyl (C=O) groups is 1. The fourth-order valence-corrected chi connectivity index (χ4v) is 3.07. The van der Waals surface area contributed by atoms with Crippen LogP contribution in [0.1, 0.15) is 38.8 Å². The van der Waals surface area contributed by atoms with Gasteiger partial charge in [0.1, 0.15) is 0 Å². The first-order valence-corrected chi connectivity index (χ1v) is 8.19. The Hall–Kier alpha value is -2.29. The zero-order valence-corrected chi connectivity index (χ0v) is 14.2. The van der Waals surface area contributed by atoms with Crippen molar-refractivity contribution >= 4 is 22.8 Å². The Morgan fingerprint density at radius 3 is 2.39 bits per heavy atom. The van der Waals surface area contributed by atoms with Crippen molar-refractivity contribution in [3.05, 3.63) is 53.2 Å². The monoisotopic (exact) mass is 308 g/mol. The van der Waals surface area contributed by atoms with Crippen LogP contribution in [0.2, 0.25) is 0 Å². The highest BCUT2D eigenvalue weighted by atomic mass is 16.2. The van der Waals surface area contributed by atoms with Crippen molar-refractivity contribution in [2.75, 3.05) is 0 Å². The molecular formula is C20H24N2O. The van der Waals surface area contributed by atoms with Gasteiger partial charge >= 0.3 is 0 Å². The highest BCUT2D eigenvalue weighted by Crippen LogP contribution is 2.32. The number of carbonyl (C=O) groups excluding carboxylic acids is 1. The molecule has 3 heteroatoms. The maximum absolute atomic E-state index is 11.9. The van der Waals surface area contributed by atoms with Crippen LogP contribution in [-0.2, 0) is 11.2 Å². The number of benzene rings is 2. The van der Waals surface area contributed by atoms with Gasteiger partial charge in [-0.25, -0.2) is 0 Å². The number of amides is 1. The molecule has 0 unspecified atom stereocenters. The lowest BCUT2D eigenvalue weighted by atomic mass is 9.88. The Morgan fingerprint density at radius 1 is 1.04 bits per heavy atom. The third-order valence-electron chi connectivity index (χ3n) is 4.53. The van der Waals surface area contributed by atoms with Crippen molar-refractivity contribution in [2.45, 2.75) is 34.1 Å². The van der Waals surface area contributed by atoms with Crippen molar-refractivity contribution in [3.63, 3.8) is 0 Å². The highest BCUT2D eigenvalue weighted by molar-refractivity contribution is 5.95. The molecule has 1 aliphatic heterocycles. The van der Waals surface area contributed by atoms with Gasteiger partial charge in [0, 0.05) is 5.70 Å². The summed E-state index contributed by atoms with van der Waals surface area (Å²) in [6.07, 6.45) is 3.15. The highest BCUT2D eigenvalue weighted by Gasteiger charge is 2.37. The van der Waals surface area contributed by atoms with Crippen LogP contribution in [0, 0.1) is 11.3 Å². The molecule has 0 saturated carbocycles. The van der Waals surface area contributed by atoms with Crippen LogP contribution in [0.25, 0.3) is 16.8 Å². The van der Waals surface area contributed by atoms with Gasteiger partial charge in [-0.1, -0.05) is 50.2 Å². The molecule has 0 radical (unpaired) electrons. The minimum absolute atomic E-state index is 0.00415. The van der Waals surface area contributed by atoms with Crippen LogP contribution in [-0.4, -0.2) is 5.91 Å². The summed E-state index contributed by atoms with van der Waals surface area (Å²) in [5.41, 5.74) is 8.62. The Balaban J connectivity index is 2.11. The molecule has 3 rings (SSSR count). The quantitative estimate of drug-likeness (QED) is 0.898. The summed E-state index contributed by atoms with van der Waals surface area (Å²) in [6.45, 7) is 8.35. The minimum atomic E-state index is -0.530. The smallest absolute Gasteiger partial charge is 0.249 e. The number of rotatable bonds is 3. The number of hydrazine groups is 1. The maximum atomic E-state index is 11.9. The van der Waals surface area contributed by atoms with Gasteiger partial charge in [-0.3, -0.25) is 10.2 Å². The van der Waals surface area contributed by atoms with Crippen LogP contribution in [0.15, 0.2) is 42.1 Å². The van der Waals surface area contributed by atoms with Gasteiger partial charge in [-0.15, -0.1) is 0 Å². The zero-order valence-electron chi connectivity index (χ0n) is 14.2. The summed E-state index contributed by atoms with van der Waals surface area (Å²) >= 11 is 0. The fourth-order valence-electron chi connectivity index (χ4n) is 3.07. The van der Waals surface area contributed by atoms with E-state index in [1.165, 1.54) is 16.3 Å². The molecule has 0 bridgehead atoms. The summed E-state index contributed by atoms with van der Waals surface area (Å²) in [6, 6.07) is 12.9. The molecule has 3 nitrogen and oxygen atoms in total. The molecule has 0 aliphatic carbocycles. The standard InChI is InChI=1S/C20H24N2O/c1-13(2)11-14-7-5-10-17-15(8-6-9-16(14)17)12-18-20(3,4)19(23)22-21-18/h5-10,12-13,21H,11H2,1-4H3,(H,22,23)/b18-12-. The average Bonchev–Trinajstić information content (AvgIpc) is 2.74. The van der Waals surface area contributed by atoms with E-state index in [0.29, 0.717) is 5.92 Å². The normalized spacial score (nSPS) is 18.5. The van der Waals surface area contributed by atoms with Crippen LogP contribution in [0.5, 0.6) is 0 Å². The van der Waals surface area contributed by atoms with Gasteiger partial charge in [0.2, 0.25) is 5.91 Å². The first kappa shape index (κ1) is 15.6. The topological polar surface area (TPSA) is 41.1 Å². The van der Waals surface area contributed by atoms with Crippen LogP contribution in [0.3, 0.4) is 0 Å². The molecule has 1 aliphatic rings. The lowest BCUT2D eigenvalue weighted by molar-refractivity contribution is -0.125. The molecule has 120 valence electrons. The van der Waals surface area contributed by atoms with Crippen molar-refractivity contribution in [1.82, 2.24) is 10.9 Å². The Bertz CT molecular complexity index is 787. The number of hydrogen-bond acceptors (Lipinski definition) is 2. The largest absolute Gasteiger partial charge is 0.302 e. The SMILES string of the molecule is CC(C)Cc1cccc2c(/C=C3\NNC(=O)C3(C)C)cccc12. The third kappa shape index (κ3) is 2.83. The minimum Gasteiger partial charge on any atom is -0.302 e. The lowest BCUT2D eigenvalue weighted by Crippen LogP contribution is -2.28. The third-order valence-corrected chi connectivity index (χ3v) is 4.53. The molecule has 1 fully saturated rings. The predicted octanol–water partition coefficient (Wildman–Crippen LogP) is 4.04. The second kappa shape index (κ2) is 5.73. The number of fused-ring (bicyclic) bond motifs is 1. The zero-order chi connectivity index (χ0) is 16.6. The van der Waals surface area contributed by atoms with E-state index >= 15 is 0 Å². The molecule has 2 aromatic rings. The first-order valence-electron chi connectivity index (χ1n) is 8.19. The van der Waals surface area contributed by atoms with Crippen molar-refractivity contribution in [3.8, 4) is 0 Å². The summed E-state index contributed by atoms with van der Waals surface area (Å²) in [7, 11) is 0. The van der Waals surface area contributed by atoms with E-state index in [2.05, 4.69) is 67.2 Å². The van der Waals surface area contributed by atoms with Gasteiger partial charge in [-0.2, -0.15) is 0 Å². The van der Waals surface area contributed by atoms with E-state index in [1.54, 1.807) is 0 Å². The predicted molar refractivity (Wildman–Crippen MR) is 95.5 cm³/mol. The van der Waals surface area contributed by atoms with E-state index < -0.39 is 5.41 Å². The summed E-state index contributed by atoms with van der Waals surface area (Å²) in [4.78, 5) is 11.9. The molecule has 1 heterocycles. The second-order valence-corrected chi connectivity index (χ2v) is 7.22. The summed E-state index contributed by atoms with van der Waals surface area (Å²) in [5.74, 6) is 0.629. The molecule has 0 aromatic heterocycles. The molecule has 23 heavy (non-hydrogen) atoms. The van der Waals surface area contributed by atoms with Gasteiger partial charge < -0.3 is 5.43 Å². The molecule has 1 amide bonds. The van der Waals surface area contributed by atoms with Gasteiger partial charge in [0.05, 0.1) is 5.41 Å². The van der Waals surface area contributed by atoms with E-state index in [1.807, 2.05) is 13.8 Å². The molecule has 1 saturated heterocycles. The first-order chi connectivity index (χ1) is 10.9. The van der Waals surface area contributed by atoms with E-state index in [9.17, 15) is 4.79 Å². The van der Waals surface area contributed by atoms with E-state index in [4.69, 9.17) is 0 Å². The van der Waals surface area contributed by atoms with E-state index in [-0.39, 0.29) is 5.91 Å². The van der Waals surface area contributed by atoms with Gasteiger partial charge in [-0.05, 0) is 54.2 Å². The number of hydrogen-bond donors (Lipinski definition) is 2. The van der Waals surface area contributed by atoms with Crippen LogP contribution in [0.4, 0.5) is 0 Å². The van der Waals surface area contributed by atoms with Crippen molar-refractivity contribution in [1.29, 1.82) is 0 Å². The summed E-state index contributed by atoms with van der Waals surface area (Å²) in [5, 5.41) is 2.53. The van der Waals surface area contributed by atoms with E-state index in [0.717, 1.165) is 17.7 Å². The second-order valence-electron chi connectivity index (χ2n) is 7.22. The van der Waals surface area contributed by atoms with Crippen molar-refractivity contribution < 1.29 is 4.79 Å². The van der Waals surface area contributed by atoms with Crippen LogP contribution >= 0.6 is 0 Å². The maximum Gasteiger partial charge on any atom is 0.249 e. The molecule has 2 aromatic carbocycles. The molecule has 0 atom stereocenters. The Morgan fingerprint density at radius 2 is 1.74 bits per heavy atom. The van der Waals surface area contributed by atoms with Gasteiger partial charge in [0.15, 0.2) is 0 Å². The molecular weight excluding hydrogens is 284 g/mol. The summed E-state index contributed by atoms with van der Waals surface area (Å²) < 4.78 is 0. The van der Waals surface area contributed by atoms with Crippen molar-refractivity contribution in [2.24, 2.45) is 11.3 Å². The van der Waals surface area contributed by atoms with Crippen LogP contribution < -0.4 is 10.9 Å². The van der Waals surface area contributed by atoms with Gasteiger partial charge in [0.25, 0.3) is 0 Å². The number of nitrogens with one attached hydrogen (secondary N) is 2. The molecule has 0 spiro atoms.